The quantitative estimate of drug-likeness (QED) is 0.747. The number of benzene rings is 1. The van der Waals surface area contributed by atoms with Gasteiger partial charge in [0.15, 0.2) is 0 Å². The number of rotatable bonds is 4. The van der Waals surface area contributed by atoms with Crippen molar-refractivity contribution in [2.75, 3.05) is 0 Å². The van der Waals surface area contributed by atoms with Crippen molar-refractivity contribution in [1.29, 1.82) is 0 Å². The van der Waals surface area contributed by atoms with Crippen LogP contribution in [0, 0.1) is 0 Å². The van der Waals surface area contributed by atoms with Gasteiger partial charge in [0.05, 0.1) is 0 Å². The molecule has 0 unspecified atom stereocenters. The molecule has 16 heavy (non-hydrogen) atoms. The molecule has 0 aliphatic heterocycles. The van der Waals surface area contributed by atoms with E-state index >= 15 is 0 Å². The number of thioether (sulfide) groups is 1. The van der Waals surface area contributed by atoms with Crippen molar-refractivity contribution in [2.24, 2.45) is 0 Å². The van der Waals surface area contributed by atoms with Crippen LogP contribution in [-0.2, 0) is 6.42 Å². The second-order valence-corrected chi connectivity index (χ2v) is 5.23. The molecular weight excluding hydrogens is 257 g/mol. The maximum atomic E-state index is 12.2. The monoisotopic (exact) mass is 268 g/mol. The van der Waals surface area contributed by atoms with E-state index in [1.54, 1.807) is 31.2 Å². The summed E-state index contributed by atoms with van der Waals surface area (Å²) in [4.78, 5) is 0. The summed E-state index contributed by atoms with van der Waals surface area (Å²) in [5.41, 5.74) is -3.28. The highest BCUT2D eigenvalue weighted by atomic mass is 35.5. The normalized spacial score (nSPS) is 13.8. The Morgan fingerprint density at radius 1 is 1.25 bits per heavy atom. The second-order valence-electron chi connectivity index (χ2n) is 3.42. The van der Waals surface area contributed by atoms with Gasteiger partial charge in [-0.15, -0.1) is 0 Å². The molecule has 1 atom stereocenters. The second kappa shape index (κ2) is 5.82. The first kappa shape index (κ1) is 13.7. The van der Waals surface area contributed by atoms with Crippen LogP contribution in [0.2, 0.25) is 5.02 Å². The Hall–Kier alpha value is -0.350. The first-order chi connectivity index (χ1) is 7.40. The van der Waals surface area contributed by atoms with E-state index in [-0.39, 0.29) is 11.8 Å². The Morgan fingerprint density at radius 2 is 1.81 bits per heavy atom. The van der Waals surface area contributed by atoms with Crippen molar-refractivity contribution in [2.45, 2.75) is 30.5 Å². The molecule has 1 aromatic rings. The SMILES string of the molecule is CC[C@H](Cc1ccc(Cl)cc1)SC(F)(F)F. The van der Waals surface area contributed by atoms with Gasteiger partial charge in [0, 0.05) is 10.3 Å². The van der Waals surface area contributed by atoms with Crippen LogP contribution < -0.4 is 0 Å². The van der Waals surface area contributed by atoms with Gasteiger partial charge in [-0.1, -0.05) is 30.7 Å². The van der Waals surface area contributed by atoms with Crippen molar-refractivity contribution in [3.05, 3.63) is 34.9 Å². The molecule has 0 nitrogen and oxygen atoms in total. The smallest absolute Gasteiger partial charge is 0.160 e. The van der Waals surface area contributed by atoms with Gasteiger partial charge in [-0.3, -0.25) is 0 Å². The van der Waals surface area contributed by atoms with Gasteiger partial charge in [0.1, 0.15) is 0 Å². The number of hydrogen-bond donors (Lipinski definition) is 0. The summed E-state index contributed by atoms with van der Waals surface area (Å²) >= 11 is 5.77. The molecule has 0 heterocycles. The molecule has 0 fully saturated rings. The molecule has 5 heteroatoms. The minimum Gasteiger partial charge on any atom is -0.160 e. The highest BCUT2D eigenvalue weighted by Crippen LogP contribution is 2.36. The van der Waals surface area contributed by atoms with E-state index in [0.29, 0.717) is 17.9 Å². The first-order valence-corrected chi connectivity index (χ1v) is 6.15. The van der Waals surface area contributed by atoms with Crippen molar-refractivity contribution in [1.82, 2.24) is 0 Å². The first-order valence-electron chi connectivity index (χ1n) is 4.89. The molecule has 0 spiro atoms. The molecule has 0 N–H and O–H groups in total. The number of halogens is 4. The third-order valence-corrected chi connectivity index (χ3v) is 3.48. The Bertz CT molecular complexity index is 321. The Morgan fingerprint density at radius 3 is 2.25 bits per heavy atom. The van der Waals surface area contributed by atoms with Crippen LogP contribution in [0.3, 0.4) is 0 Å². The maximum absolute atomic E-state index is 12.2. The van der Waals surface area contributed by atoms with Crippen LogP contribution in [0.15, 0.2) is 24.3 Å². The minimum atomic E-state index is -4.16. The standard InChI is InChI=1S/C11H12ClF3S/c1-2-10(16-11(13,14)15)7-8-3-5-9(12)6-4-8/h3-6,10H,2,7H2,1H3/t10-/m1/s1. The minimum absolute atomic E-state index is 0.0679. The zero-order valence-electron chi connectivity index (χ0n) is 8.72. The molecule has 0 radical (unpaired) electrons. The summed E-state index contributed by atoms with van der Waals surface area (Å²) in [5, 5.41) is 0.168. The van der Waals surface area contributed by atoms with Crippen molar-refractivity contribution in [3.8, 4) is 0 Å². The summed E-state index contributed by atoms with van der Waals surface area (Å²) in [6, 6.07) is 6.92. The lowest BCUT2D eigenvalue weighted by Gasteiger charge is -2.16. The molecule has 0 amide bonds. The lowest BCUT2D eigenvalue weighted by Crippen LogP contribution is -2.13. The molecule has 0 aromatic heterocycles. The van der Waals surface area contributed by atoms with Gasteiger partial charge < -0.3 is 0 Å². The van der Waals surface area contributed by atoms with Crippen LogP contribution in [0.25, 0.3) is 0 Å². The average molecular weight is 269 g/mol. The van der Waals surface area contributed by atoms with Crippen LogP contribution in [0.5, 0.6) is 0 Å². The molecule has 0 bridgehead atoms. The predicted molar refractivity (Wildman–Crippen MR) is 62.9 cm³/mol. The summed E-state index contributed by atoms with van der Waals surface area (Å²) < 4.78 is 36.6. The van der Waals surface area contributed by atoms with E-state index in [1.807, 2.05) is 0 Å². The highest BCUT2D eigenvalue weighted by molar-refractivity contribution is 8.00. The van der Waals surface area contributed by atoms with E-state index in [2.05, 4.69) is 0 Å². The van der Waals surface area contributed by atoms with Crippen LogP contribution >= 0.6 is 23.4 Å². The van der Waals surface area contributed by atoms with Gasteiger partial charge in [0.2, 0.25) is 0 Å². The lowest BCUT2D eigenvalue weighted by atomic mass is 10.1. The van der Waals surface area contributed by atoms with Gasteiger partial charge in [-0.05, 0) is 42.3 Å². The third-order valence-electron chi connectivity index (χ3n) is 2.13. The summed E-state index contributed by atoms with van der Waals surface area (Å²) in [6.45, 7) is 1.76. The summed E-state index contributed by atoms with van der Waals surface area (Å²) in [7, 11) is 0. The molecule has 0 aliphatic carbocycles. The Balaban J connectivity index is 2.60. The van der Waals surface area contributed by atoms with E-state index in [1.165, 1.54) is 0 Å². The topological polar surface area (TPSA) is 0 Å². The van der Waals surface area contributed by atoms with Crippen molar-refractivity contribution < 1.29 is 13.2 Å². The van der Waals surface area contributed by atoms with E-state index in [0.717, 1.165) is 5.56 Å². The molecule has 0 saturated heterocycles. The third kappa shape index (κ3) is 5.12. The molecule has 1 rings (SSSR count). The highest BCUT2D eigenvalue weighted by Gasteiger charge is 2.32. The largest absolute Gasteiger partial charge is 0.442 e. The fourth-order valence-corrected chi connectivity index (χ4v) is 2.29. The van der Waals surface area contributed by atoms with Crippen LogP contribution in [-0.4, -0.2) is 10.8 Å². The van der Waals surface area contributed by atoms with E-state index in [9.17, 15) is 13.2 Å². The van der Waals surface area contributed by atoms with Gasteiger partial charge in [-0.2, -0.15) is 13.2 Å². The predicted octanol–water partition coefficient (Wildman–Crippen LogP) is 4.91. The fraction of sp³-hybridized carbons (Fsp3) is 0.455. The Kier molecular flexibility index (Phi) is 4.99. The van der Waals surface area contributed by atoms with Crippen LogP contribution in [0.1, 0.15) is 18.9 Å². The van der Waals surface area contributed by atoms with E-state index in [4.69, 9.17) is 11.6 Å². The zero-order chi connectivity index (χ0) is 12.2. The van der Waals surface area contributed by atoms with Crippen LogP contribution in [0.4, 0.5) is 13.2 Å². The number of alkyl halides is 3. The summed E-state index contributed by atoms with van der Waals surface area (Å²) in [5.74, 6) is 0. The van der Waals surface area contributed by atoms with Gasteiger partial charge in [-0.25, -0.2) is 0 Å². The molecule has 0 saturated carbocycles. The molecule has 1 aromatic carbocycles. The zero-order valence-corrected chi connectivity index (χ0v) is 10.3. The fourth-order valence-electron chi connectivity index (χ4n) is 1.34. The molecule has 90 valence electrons. The Labute approximate surface area is 102 Å². The van der Waals surface area contributed by atoms with Crippen molar-refractivity contribution >= 4 is 23.4 Å². The van der Waals surface area contributed by atoms with Crippen molar-refractivity contribution in [3.63, 3.8) is 0 Å². The summed E-state index contributed by atoms with van der Waals surface area (Å²) in [6.07, 6.45) is 0.907. The van der Waals surface area contributed by atoms with Gasteiger partial charge >= 0.3 is 5.51 Å². The number of hydrogen-bond acceptors (Lipinski definition) is 1. The average Bonchev–Trinajstić information content (AvgIpc) is 2.18. The van der Waals surface area contributed by atoms with E-state index < -0.39 is 10.8 Å². The maximum Gasteiger partial charge on any atom is 0.442 e. The lowest BCUT2D eigenvalue weighted by molar-refractivity contribution is -0.0334. The molecular formula is C11H12ClF3S. The van der Waals surface area contributed by atoms with Gasteiger partial charge in [0.25, 0.3) is 0 Å². The molecule has 0 aliphatic rings.